The molecule has 4 aliphatic rings. The zero-order valence-electron chi connectivity index (χ0n) is 17.5. The van der Waals surface area contributed by atoms with Crippen LogP contribution in [0.2, 0.25) is 0 Å². The summed E-state index contributed by atoms with van der Waals surface area (Å²) in [6.07, 6.45) is 12.3. The van der Waals surface area contributed by atoms with Crippen LogP contribution in [0.4, 0.5) is 0 Å². The number of hydrogen-bond acceptors (Lipinski definition) is 3. The van der Waals surface area contributed by atoms with Crippen LogP contribution in [0.5, 0.6) is 0 Å². The second-order valence-electron chi connectivity index (χ2n) is 10.2. The summed E-state index contributed by atoms with van der Waals surface area (Å²) in [5, 5.41) is 11.7. The second-order valence-corrected chi connectivity index (χ2v) is 10.2. The molecule has 4 aliphatic carbocycles. The first-order chi connectivity index (χ1) is 13.9. The summed E-state index contributed by atoms with van der Waals surface area (Å²) < 4.78 is 0. The Morgan fingerprint density at radius 1 is 1.24 bits per heavy atom. The van der Waals surface area contributed by atoms with E-state index in [0.717, 1.165) is 44.1 Å². The van der Waals surface area contributed by atoms with Gasteiger partial charge in [-0.1, -0.05) is 31.3 Å². The molecule has 0 saturated heterocycles. The first-order valence-electron chi connectivity index (χ1n) is 11.3. The lowest BCUT2D eigenvalue weighted by atomic mass is 9.48. The summed E-state index contributed by atoms with van der Waals surface area (Å²) in [6.45, 7) is 4.67. The molecule has 0 bridgehead atoms. The molecule has 1 N–H and O–H groups in total. The van der Waals surface area contributed by atoms with Crippen LogP contribution in [0.3, 0.4) is 0 Å². The summed E-state index contributed by atoms with van der Waals surface area (Å²) in [6, 6.07) is 3.85. The number of nitrogens with zero attached hydrogens (tertiary/aromatic N) is 1. The molecule has 0 radical (unpaired) electrons. The van der Waals surface area contributed by atoms with Crippen molar-refractivity contribution in [2.75, 3.05) is 0 Å². The maximum Gasteiger partial charge on any atom is 0.155 e. The Morgan fingerprint density at radius 2 is 2.10 bits per heavy atom. The van der Waals surface area contributed by atoms with Gasteiger partial charge in [0.05, 0.1) is 0 Å². The molecule has 3 nitrogen and oxygen atoms in total. The Hall–Kier alpha value is -1.92. The van der Waals surface area contributed by atoms with Crippen molar-refractivity contribution < 1.29 is 9.90 Å². The summed E-state index contributed by atoms with van der Waals surface area (Å²) >= 11 is 0. The van der Waals surface area contributed by atoms with E-state index in [9.17, 15) is 9.90 Å². The molecular weight excluding hydrogens is 358 g/mol. The highest BCUT2D eigenvalue weighted by atomic mass is 16.3. The average Bonchev–Trinajstić information content (AvgIpc) is 2.98. The summed E-state index contributed by atoms with van der Waals surface area (Å²) in [7, 11) is 0. The second kappa shape index (κ2) is 6.81. The van der Waals surface area contributed by atoms with Gasteiger partial charge in [0.2, 0.25) is 0 Å². The minimum Gasteiger partial charge on any atom is -0.377 e. The third-order valence-electron chi connectivity index (χ3n) is 8.87. The van der Waals surface area contributed by atoms with Crippen molar-refractivity contribution in [2.45, 2.75) is 64.4 Å². The van der Waals surface area contributed by atoms with Gasteiger partial charge in [-0.25, -0.2) is 0 Å². The Balaban J connectivity index is 1.46. The van der Waals surface area contributed by atoms with Crippen molar-refractivity contribution in [3.8, 4) is 11.8 Å². The Bertz CT molecular complexity index is 910. The molecule has 0 aliphatic heterocycles. The molecule has 6 unspecified atom stereocenters. The van der Waals surface area contributed by atoms with Crippen molar-refractivity contribution in [3.05, 3.63) is 41.7 Å². The highest BCUT2D eigenvalue weighted by molar-refractivity contribution is 5.91. The lowest BCUT2D eigenvalue weighted by molar-refractivity contribution is -0.117. The number of allylic oxidation sites excluding steroid dienone is 1. The maximum atomic E-state index is 12.0. The third-order valence-corrected chi connectivity index (χ3v) is 8.87. The molecule has 29 heavy (non-hydrogen) atoms. The van der Waals surface area contributed by atoms with Crippen molar-refractivity contribution in [2.24, 2.45) is 35.0 Å². The van der Waals surface area contributed by atoms with Gasteiger partial charge in [-0.15, -0.1) is 0 Å². The first-order valence-corrected chi connectivity index (χ1v) is 11.3. The third kappa shape index (κ3) is 2.91. The van der Waals surface area contributed by atoms with E-state index in [1.807, 2.05) is 18.2 Å². The summed E-state index contributed by atoms with van der Waals surface area (Å²) in [4.78, 5) is 16.1. The predicted molar refractivity (Wildman–Crippen MR) is 113 cm³/mol. The zero-order chi connectivity index (χ0) is 20.2. The van der Waals surface area contributed by atoms with E-state index in [4.69, 9.17) is 0 Å². The molecule has 1 aromatic heterocycles. The van der Waals surface area contributed by atoms with Crippen molar-refractivity contribution in [1.82, 2.24) is 4.98 Å². The largest absolute Gasteiger partial charge is 0.377 e. The van der Waals surface area contributed by atoms with E-state index in [1.165, 1.54) is 5.57 Å². The first kappa shape index (κ1) is 19.1. The van der Waals surface area contributed by atoms with Crippen molar-refractivity contribution in [1.29, 1.82) is 0 Å². The van der Waals surface area contributed by atoms with Crippen LogP contribution in [0.1, 0.15) is 64.4 Å². The van der Waals surface area contributed by atoms with E-state index in [-0.39, 0.29) is 5.41 Å². The quantitative estimate of drug-likeness (QED) is 0.662. The zero-order valence-corrected chi connectivity index (χ0v) is 17.5. The fourth-order valence-corrected chi connectivity index (χ4v) is 7.42. The van der Waals surface area contributed by atoms with Gasteiger partial charge in [0, 0.05) is 29.8 Å². The highest BCUT2D eigenvalue weighted by Crippen LogP contribution is 2.65. The lowest BCUT2D eigenvalue weighted by Gasteiger charge is -2.56. The average molecular weight is 390 g/mol. The normalized spacial score (nSPS) is 43.3. The molecule has 3 saturated carbocycles. The number of fused-ring (bicyclic) bond motifs is 5. The number of aromatic nitrogens is 1. The number of ketones is 1. The van der Waals surface area contributed by atoms with Gasteiger partial charge < -0.3 is 5.11 Å². The monoisotopic (exact) mass is 389 g/mol. The lowest BCUT2D eigenvalue weighted by Crippen LogP contribution is -2.54. The van der Waals surface area contributed by atoms with E-state index < -0.39 is 5.60 Å². The SMILES string of the molecule is CC1CC2=CC(=O)CCC2[C@H]2CCC3(C)C(CCC3(O)C#Cc3cccnc3)C12. The topological polar surface area (TPSA) is 50.2 Å². The molecule has 152 valence electrons. The van der Waals surface area contributed by atoms with Crippen LogP contribution in [-0.4, -0.2) is 21.5 Å². The Labute approximate surface area is 174 Å². The van der Waals surface area contributed by atoms with Gasteiger partial charge in [-0.05, 0) is 86.3 Å². The fraction of sp³-hybridized carbons (Fsp3) is 0.615. The molecule has 0 spiro atoms. The van der Waals surface area contributed by atoms with Gasteiger partial charge in [0.25, 0.3) is 0 Å². The van der Waals surface area contributed by atoms with Crippen molar-refractivity contribution in [3.63, 3.8) is 0 Å². The van der Waals surface area contributed by atoms with E-state index in [2.05, 4.69) is 30.7 Å². The number of carbonyl (C=O) groups is 1. The molecule has 3 heteroatoms. The van der Waals surface area contributed by atoms with Crippen LogP contribution in [0.25, 0.3) is 0 Å². The van der Waals surface area contributed by atoms with Gasteiger partial charge in [-0.3, -0.25) is 9.78 Å². The summed E-state index contributed by atoms with van der Waals surface area (Å²) in [5.74, 6) is 9.82. The molecular formula is C26H31NO2. The van der Waals surface area contributed by atoms with Crippen LogP contribution in [0, 0.1) is 46.8 Å². The predicted octanol–water partition coefficient (Wildman–Crippen LogP) is 4.55. The van der Waals surface area contributed by atoms with Crippen molar-refractivity contribution >= 4 is 5.78 Å². The fourth-order valence-electron chi connectivity index (χ4n) is 7.42. The highest BCUT2D eigenvalue weighted by Gasteiger charge is 2.63. The molecule has 0 aromatic carbocycles. The molecule has 3 fully saturated rings. The molecule has 7 atom stereocenters. The van der Waals surface area contributed by atoms with E-state index >= 15 is 0 Å². The number of hydrogen-bond donors (Lipinski definition) is 1. The van der Waals surface area contributed by atoms with Crippen LogP contribution >= 0.6 is 0 Å². The smallest absolute Gasteiger partial charge is 0.155 e. The standard InChI is InChI=1S/C26H31NO2/c1-17-14-19-15-20(28)5-6-21(19)22-8-10-25(2)23(24(17)22)9-12-26(25,29)11-7-18-4-3-13-27-16-18/h3-4,13,15-17,21-24,29H,5-6,8-10,12,14H2,1-2H3/t17?,21?,22-,23?,24?,25?,26?/m1/s1. The minimum absolute atomic E-state index is 0.149. The van der Waals surface area contributed by atoms with E-state index in [0.29, 0.717) is 41.8 Å². The van der Waals surface area contributed by atoms with Gasteiger partial charge >= 0.3 is 0 Å². The van der Waals surface area contributed by atoms with Gasteiger partial charge in [-0.2, -0.15) is 0 Å². The molecule has 1 aromatic rings. The Morgan fingerprint density at radius 3 is 2.90 bits per heavy atom. The number of rotatable bonds is 0. The minimum atomic E-state index is -0.920. The Kier molecular flexibility index (Phi) is 4.48. The van der Waals surface area contributed by atoms with Gasteiger partial charge in [0.15, 0.2) is 5.78 Å². The van der Waals surface area contributed by atoms with Gasteiger partial charge in [0.1, 0.15) is 5.60 Å². The summed E-state index contributed by atoms with van der Waals surface area (Å²) in [5.41, 5.74) is 1.22. The number of carbonyl (C=O) groups excluding carboxylic acids is 1. The van der Waals surface area contributed by atoms with Crippen LogP contribution < -0.4 is 0 Å². The number of pyridine rings is 1. The van der Waals surface area contributed by atoms with Crippen LogP contribution in [0.15, 0.2) is 36.2 Å². The molecule has 0 amide bonds. The maximum absolute atomic E-state index is 12.0. The molecule has 5 rings (SSSR count). The van der Waals surface area contributed by atoms with Crippen LogP contribution in [-0.2, 0) is 4.79 Å². The number of aliphatic hydroxyl groups is 1. The van der Waals surface area contributed by atoms with E-state index in [1.54, 1.807) is 12.4 Å². The molecule has 1 heterocycles.